The van der Waals surface area contributed by atoms with E-state index in [2.05, 4.69) is 11.4 Å². The first-order valence-corrected chi connectivity index (χ1v) is 7.33. The van der Waals surface area contributed by atoms with Gasteiger partial charge in [0.2, 0.25) is 0 Å². The van der Waals surface area contributed by atoms with E-state index >= 15 is 0 Å². The van der Waals surface area contributed by atoms with E-state index in [9.17, 15) is 0 Å². The third-order valence-corrected chi connectivity index (χ3v) is 3.41. The molecule has 1 fully saturated rings. The number of ether oxygens (including phenoxy) is 3. The Morgan fingerprint density at radius 1 is 1.25 bits per heavy atom. The first kappa shape index (κ1) is 15.1. The zero-order valence-corrected chi connectivity index (χ0v) is 12.6. The van der Waals surface area contributed by atoms with Crippen LogP contribution in [0, 0.1) is 0 Å². The summed E-state index contributed by atoms with van der Waals surface area (Å²) in [5, 5.41) is 3.57. The lowest BCUT2D eigenvalue weighted by molar-refractivity contribution is 0.0776. The van der Waals surface area contributed by atoms with E-state index in [1.807, 2.05) is 26.0 Å². The molecule has 4 nitrogen and oxygen atoms in total. The van der Waals surface area contributed by atoms with Crippen LogP contribution in [0.1, 0.15) is 32.3 Å². The molecule has 1 N–H and O–H groups in total. The van der Waals surface area contributed by atoms with Crippen LogP contribution in [0.2, 0.25) is 0 Å². The van der Waals surface area contributed by atoms with Gasteiger partial charge >= 0.3 is 0 Å². The van der Waals surface area contributed by atoms with Crippen LogP contribution in [0.15, 0.2) is 18.2 Å². The van der Waals surface area contributed by atoms with E-state index < -0.39 is 0 Å². The van der Waals surface area contributed by atoms with Crippen LogP contribution in [0.5, 0.6) is 11.5 Å². The molecule has 0 radical (unpaired) electrons. The molecule has 1 aromatic carbocycles. The van der Waals surface area contributed by atoms with Crippen LogP contribution in [0.25, 0.3) is 0 Å². The van der Waals surface area contributed by atoms with Gasteiger partial charge in [-0.15, -0.1) is 0 Å². The van der Waals surface area contributed by atoms with Gasteiger partial charge in [-0.25, -0.2) is 0 Å². The average Bonchev–Trinajstić information content (AvgIpc) is 2.46. The van der Waals surface area contributed by atoms with Crippen LogP contribution < -0.4 is 14.8 Å². The minimum absolute atomic E-state index is 0.148. The summed E-state index contributed by atoms with van der Waals surface area (Å²) in [6.07, 6.45) is 2.33. The molecular weight excluding hydrogens is 254 g/mol. The fourth-order valence-electron chi connectivity index (χ4n) is 2.34. The Morgan fingerprint density at radius 3 is 2.65 bits per heavy atom. The smallest absolute Gasteiger partial charge is 0.161 e. The topological polar surface area (TPSA) is 39.7 Å². The predicted octanol–water partition coefficient (Wildman–Crippen LogP) is 2.75. The fourth-order valence-corrected chi connectivity index (χ4v) is 2.34. The van der Waals surface area contributed by atoms with Gasteiger partial charge in [0.15, 0.2) is 11.5 Å². The molecule has 0 atom stereocenters. The van der Waals surface area contributed by atoms with E-state index in [1.165, 1.54) is 5.56 Å². The van der Waals surface area contributed by atoms with Crippen LogP contribution >= 0.6 is 0 Å². The second kappa shape index (κ2) is 7.50. The van der Waals surface area contributed by atoms with Crippen LogP contribution in [0.4, 0.5) is 0 Å². The standard InChI is InChI=1S/C16H25NO3/c1-12(2)20-15-5-4-13(10-16(15)18-3)11-17-14-6-8-19-9-7-14/h4-5,10,12,14,17H,6-9,11H2,1-3H3. The lowest BCUT2D eigenvalue weighted by atomic mass is 10.1. The fraction of sp³-hybridized carbons (Fsp3) is 0.625. The summed E-state index contributed by atoms with van der Waals surface area (Å²) < 4.78 is 16.5. The van der Waals surface area contributed by atoms with E-state index in [0.717, 1.165) is 44.1 Å². The molecule has 1 aliphatic heterocycles. The highest BCUT2D eigenvalue weighted by Gasteiger charge is 2.13. The van der Waals surface area contributed by atoms with E-state index in [1.54, 1.807) is 7.11 Å². The van der Waals surface area contributed by atoms with Gasteiger partial charge < -0.3 is 19.5 Å². The van der Waals surface area contributed by atoms with Crippen molar-refractivity contribution in [2.75, 3.05) is 20.3 Å². The molecule has 0 aromatic heterocycles. The Hall–Kier alpha value is -1.26. The van der Waals surface area contributed by atoms with Crippen molar-refractivity contribution >= 4 is 0 Å². The second-order valence-electron chi connectivity index (χ2n) is 5.42. The highest BCUT2D eigenvalue weighted by molar-refractivity contribution is 5.43. The van der Waals surface area contributed by atoms with Gasteiger partial charge in [0, 0.05) is 25.8 Å². The number of benzene rings is 1. The predicted molar refractivity (Wildman–Crippen MR) is 79.4 cm³/mol. The molecule has 1 aromatic rings. The molecule has 2 rings (SSSR count). The number of nitrogens with one attached hydrogen (secondary N) is 1. The number of hydrogen-bond donors (Lipinski definition) is 1. The molecule has 0 saturated carbocycles. The molecule has 0 aliphatic carbocycles. The summed E-state index contributed by atoms with van der Waals surface area (Å²) in [5.74, 6) is 1.60. The molecule has 0 unspecified atom stereocenters. The molecule has 4 heteroatoms. The zero-order chi connectivity index (χ0) is 14.4. The maximum atomic E-state index is 5.72. The highest BCUT2D eigenvalue weighted by atomic mass is 16.5. The molecule has 0 spiro atoms. The van der Waals surface area contributed by atoms with E-state index in [0.29, 0.717) is 6.04 Å². The van der Waals surface area contributed by atoms with Crippen molar-refractivity contribution in [2.24, 2.45) is 0 Å². The van der Waals surface area contributed by atoms with E-state index in [4.69, 9.17) is 14.2 Å². The van der Waals surface area contributed by atoms with Gasteiger partial charge in [0.05, 0.1) is 13.2 Å². The summed E-state index contributed by atoms with van der Waals surface area (Å²) in [6, 6.07) is 6.68. The summed E-state index contributed by atoms with van der Waals surface area (Å²) in [5.41, 5.74) is 1.21. The third-order valence-electron chi connectivity index (χ3n) is 3.41. The Balaban J connectivity index is 1.94. The van der Waals surface area contributed by atoms with Crippen LogP contribution in [0.3, 0.4) is 0 Å². The first-order valence-electron chi connectivity index (χ1n) is 7.33. The normalized spacial score (nSPS) is 16.4. The van der Waals surface area contributed by atoms with Crippen molar-refractivity contribution in [2.45, 2.75) is 45.4 Å². The Bertz CT molecular complexity index is 414. The quantitative estimate of drug-likeness (QED) is 0.869. The van der Waals surface area contributed by atoms with Gasteiger partial charge in [0.1, 0.15) is 0 Å². The van der Waals surface area contributed by atoms with Gasteiger partial charge in [-0.1, -0.05) is 6.07 Å². The van der Waals surface area contributed by atoms with E-state index in [-0.39, 0.29) is 6.10 Å². The average molecular weight is 279 g/mol. The monoisotopic (exact) mass is 279 g/mol. The summed E-state index contributed by atoms with van der Waals surface area (Å²) >= 11 is 0. The Morgan fingerprint density at radius 2 is 2.00 bits per heavy atom. The van der Waals surface area contributed by atoms with Crippen molar-refractivity contribution < 1.29 is 14.2 Å². The molecule has 1 heterocycles. The first-order chi connectivity index (χ1) is 9.69. The second-order valence-corrected chi connectivity index (χ2v) is 5.42. The van der Waals surface area contributed by atoms with Gasteiger partial charge in [-0.3, -0.25) is 0 Å². The van der Waals surface area contributed by atoms with Crippen LogP contribution in [-0.4, -0.2) is 32.5 Å². The minimum Gasteiger partial charge on any atom is -0.493 e. The number of hydrogen-bond acceptors (Lipinski definition) is 4. The summed E-state index contributed by atoms with van der Waals surface area (Å²) in [7, 11) is 1.68. The molecule has 0 amide bonds. The Labute approximate surface area is 121 Å². The van der Waals surface area contributed by atoms with Gasteiger partial charge in [-0.05, 0) is 44.4 Å². The summed E-state index contributed by atoms with van der Waals surface area (Å²) in [4.78, 5) is 0. The molecule has 0 bridgehead atoms. The molecule has 112 valence electrons. The maximum Gasteiger partial charge on any atom is 0.161 e. The molecule has 1 aliphatic rings. The highest BCUT2D eigenvalue weighted by Crippen LogP contribution is 2.29. The largest absolute Gasteiger partial charge is 0.493 e. The Kier molecular flexibility index (Phi) is 5.68. The van der Waals surface area contributed by atoms with Crippen molar-refractivity contribution in [3.63, 3.8) is 0 Å². The molecule has 1 saturated heterocycles. The van der Waals surface area contributed by atoms with Gasteiger partial charge in [-0.2, -0.15) is 0 Å². The number of rotatable bonds is 6. The van der Waals surface area contributed by atoms with Crippen molar-refractivity contribution in [1.82, 2.24) is 5.32 Å². The van der Waals surface area contributed by atoms with Crippen molar-refractivity contribution in [3.05, 3.63) is 23.8 Å². The molecule has 20 heavy (non-hydrogen) atoms. The lowest BCUT2D eigenvalue weighted by Gasteiger charge is -2.23. The number of methoxy groups -OCH3 is 1. The van der Waals surface area contributed by atoms with Gasteiger partial charge in [0.25, 0.3) is 0 Å². The lowest BCUT2D eigenvalue weighted by Crippen LogP contribution is -2.34. The maximum absolute atomic E-state index is 5.72. The zero-order valence-electron chi connectivity index (χ0n) is 12.6. The summed E-state index contributed by atoms with van der Waals surface area (Å²) in [6.45, 7) is 6.60. The minimum atomic E-state index is 0.148. The SMILES string of the molecule is COc1cc(CNC2CCOCC2)ccc1OC(C)C. The van der Waals surface area contributed by atoms with Crippen molar-refractivity contribution in [3.8, 4) is 11.5 Å². The molecular formula is C16H25NO3. The van der Waals surface area contributed by atoms with Crippen LogP contribution in [-0.2, 0) is 11.3 Å². The third kappa shape index (κ3) is 4.39. The van der Waals surface area contributed by atoms with Crippen molar-refractivity contribution in [1.29, 1.82) is 0 Å².